The fourth-order valence-electron chi connectivity index (χ4n) is 3.28. The van der Waals surface area contributed by atoms with Crippen LogP contribution in [0.2, 0.25) is 0 Å². The predicted octanol–water partition coefficient (Wildman–Crippen LogP) is 0.394. The number of aromatic nitrogens is 1. The maximum atomic E-state index is 12.2. The van der Waals surface area contributed by atoms with E-state index in [-0.39, 0.29) is 42.5 Å². The summed E-state index contributed by atoms with van der Waals surface area (Å²) in [6.45, 7) is 3.18. The van der Waals surface area contributed by atoms with Gasteiger partial charge in [-0.25, -0.2) is 0 Å². The molecule has 8 heteroatoms. The molecule has 3 rings (SSSR count). The van der Waals surface area contributed by atoms with Gasteiger partial charge in [-0.15, -0.1) is 0 Å². The van der Waals surface area contributed by atoms with Gasteiger partial charge in [0.2, 0.25) is 23.6 Å². The smallest absolute Gasteiger partial charge is 0.229 e. The van der Waals surface area contributed by atoms with Crippen molar-refractivity contribution in [2.24, 2.45) is 5.92 Å². The van der Waals surface area contributed by atoms with E-state index in [1.807, 2.05) is 19.1 Å². The third kappa shape index (κ3) is 4.50. The monoisotopic (exact) mass is 372 g/mol. The molecule has 2 saturated heterocycles. The number of likely N-dealkylation sites (tertiary alicyclic amines) is 2. The highest BCUT2D eigenvalue weighted by atomic mass is 16.2. The molecule has 2 aliphatic rings. The van der Waals surface area contributed by atoms with Crippen LogP contribution in [0.25, 0.3) is 0 Å². The molecule has 0 aliphatic carbocycles. The van der Waals surface area contributed by atoms with E-state index in [0.29, 0.717) is 38.9 Å². The Morgan fingerprint density at radius 2 is 1.93 bits per heavy atom. The van der Waals surface area contributed by atoms with Crippen molar-refractivity contribution in [1.82, 2.24) is 20.1 Å². The maximum absolute atomic E-state index is 12.2. The van der Waals surface area contributed by atoms with Gasteiger partial charge in [-0.3, -0.25) is 29.1 Å². The average molecular weight is 372 g/mol. The Bertz CT molecular complexity index is 742. The van der Waals surface area contributed by atoms with Crippen molar-refractivity contribution in [2.75, 3.05) is 19.6 Å². The van der Waals surface area contributed by atoms with Crippen molar-refractivity contribution < 1.29 is 19.2 Å². The first-order chi connectivity index (χ1) is 13.0. The minimum absolute atomic E-state index is 0.0921. The van der Waals surface area contributed by atoms with Crippen LogP contribution in [0.3, 0.4) is 0 Å². The summed E-state index contributed by atoms with van der Waals surface area (Å²) in [4.78, 5) is 54.9. The van der Waals surface area contributed by atoms with Gasteiger partial charge >= 0.3 is 0 Å². The molecule has 0 unspecified atom stereocenters. The lowest BCUT2D eigenvalue weighted by atomic mass is 9.98. The van der Waals surface area contributed by atoms with Gasteiger partial charge in [-0.05, 0) is 25.0 Å². The van der Waals surface area contributed by atoms with Crippen LogP contribution in [0.1, 0.15) is 36.9 Å². The van der Waals surface area contributed by atoms with Crippen molar-refractivity contribution in [2.45, 2.75) is 39.2 Å². The van der Waals surface area contributed by atoms with Crippen LogP contribution in [0.15, 0.2) is 18.3 Å². The number of nitrogens with zero attached hydrogens (tertiary/aromatic N) is 3. The molecule has 4 amide bonds. The number of piperidine rings is 1. The summed E-state index contributed by atoms with van der Waals surface area (Å²) in [5, 5.41) is 2.86. The summed E-state index contributed by atoms with van der Waals surface area (Å²) in [7, 11) is 0. The van der Waals surface area contributed by atoms with Gasteiger partial charge in [0.1, 0.15) is 0 Å². The van der Waals surface area contributed by atoms with Crippen molar-refractivity contribution >= 4 is 23.6 Å². The number of pyridine rings is 1. The number of hydrogen-bond donors (Lipinski definition) is 1. The van der Waals surface area contributed by atoms with Crippen LogP contribution in [0.5, 0.6) is 0 Å². The largest absolute Gasteiger partial charge is 0.350 e. The van der Waals surface area contributed by atoms with Crippen LogP contribution in [-0.4, -0.2) is 58.0 Å². The molecule has 1 N–H and O–H groups in total. The molecule has 8 nitrogen and oxygen atoms in total. The minimum Gasteiger partial charge on any atom is -0.350 e. The molecule has 0 saturated carbocycles. The summed E-state index contributed by atoms with van der Waals surface area (Å²) in [6, 6.07) is 3.79. The van der Waals surface area contributed by atoms with Crippen molar-refractivity contribution in [3.63, 3.8) is 0 Å². The molecular formula is C19H24N4O4. The zero-order valence-corrected chi connectivity index (χ0v) is 15.4. The van der Waals surface area contributed by atoms with Crippen LogP contribution >= 0.6 is 0 Å². The third-order valence-corrected chi connectivity index (χ3v) is 5.09. The van der Waals surface area contributed by atoms with E-state index in [9.17, 15) is 19.2 Å². The van der Waals surface area contributed by atoms with Crippen molar-refractivity contribution in [3.8, 4) is 0 Å². The van der Waals surface area contributed by atoms with E-state index in [1.54, 1.807) is 11.1 Å². The maximum Gasteiger partial charge on any atom is 0.229 e. The molecule has 0 radical (unpaired) electrons. The molecule has 0 aromatic carbocycles. The Morgan fingerprint density at radius 1 is 1.22 bits per heavy atom. The molecule has 3 heterocycles. The first kappa shape index (κ1) is 19.0. The Hall–Kier alpha value is -2.77. The molecule has 1 aromatic rings. The topological polar surface area (TPSA) is 99.7 Å². The van der Waals surface area contributed by atoms with Crippen LogP contribution in [-0.2, 0) is 25.7 Å². The normalized spacial score (nSPS) is 17.7. The second-order valence-electron chi connectivity index (χ2n) is 7.02. The summed E-state index contributed by atoms with van der Waals surface area (Å²) >= 11 is 0. The highest BCUT2D eigenvalue weighted by molar-refractivity contribution is 5.98. The molecule has 1 aromatic heterocycles. The molecule has 0 spiro atoms. The molecule has 0 atom stereocenters. The highest BCUT2D eigenvalue weighted by Gasteiger charge is 2.36. The molecule has 2 fully saturated rings. The van der Waals surface area contributed by atoms with E-state index in [1.165, 1.54) is 4.90 Å². The molecule has 27 heavy (non-hydrogen) atoms. The standard InChI is InChI=1S/C19H24N4O4/c1-13-4-3-8-20-15(13)10-21-19(27)14-11-22(12-14)16(24)7-9-23-17(25)5-2-6-18(23)26/h3-4,8,14H,2,5-7,9-12H2,1H3,(H,21,27). The average Bonchev–Trinajstić information content (AvgIpc) is 2.59. The Labute approximate surface area is 157 Å². The number of amides is 4. The third-order valence-electron chi connectivity index (χ3n) is 5.09. The van der Waals surface area contributed by atoms with Crippen LogP contribution in [0.4, 0.5) is 0 Å². The minimum atomic E-state index is -0.226. The SMILES string of the molecule is Cc1cccnc1CNC(=O)C1CN(C(=O)CCN2C(=O)CCCC2=O)C1. The van der Waals surface area contributed by atoms with E-state index in [4.69, 9.17) is 0 Å². The van der Waals surface area contributed by atoms with Gasteiger partial charge in [-0.2, -0.15) is 0 Å². The van der Waals surface area contributed by atoms with E-state index in [2.05, 4.69) is 10.3 Å². The summed E-state index contributed by atoms with van der Waals surface area (Å²) in [6.07, 6.45) is 3.11. The molecule has 144 valence electrons. The van der Waals surface area contributed by atoms with Gasteiger partial charge in [-0.1, -0.05) is 6.07 Å². The Morgan fingerprint density at radius 3 is 2.59 bits per heavy atom. The van der Waals surface area contributed by atoms with Gasteiger partial charge in [0.25, 0.3) is 0 Å². The lowest BCUT2D eigenvalue weighted by Gasteiger charge is -2.38. The lowest BCUT2D eigenvalue weighted by Crippen LogP contribution is -2.56. The van der Waals surface area contributed by atoms with Crippen LogP contribution in [0, 0.1) is 12.8 Å². The van der Waals surface area contributed by atoms with Gasteiger partial charge in [0, 0.05) is 45.1 Å². The number of imide groups is 1. The fraction of sp³-hybridized carbons (Fsp3) is 0.526. The second kappa shape index (κ2) is 8.28. The van der Waals surface area contributed by atoms with Crippen molar-refractivity contribution in [1.29, 1.82) is 0 Å². The van der Waals surface area contributed by atoms with Crippen molar-refractivity contribution in [3.05, 3.63) is 29.6 Å². The summed E-state index contributed by atoms with van der Waals surface area (Å²) in [5.74, 6) is -0.859. The number of hydrogen-bond acceptors (Lipinski definition) is 5. The van der Waals surface area contributed by atoms with E-state index >= 15 is 0 Å². The summed E-state index contributed by atoms with van der Waals surface area (Å²) < 4.78 is 0. The number of carbonyl (C=O) groups is 4. The predicted molar refractivity (Wildman–Crippen MR) is 96.1 cm³/mol. The van der Waals surface area contributed by atoms with Gasteiger partial charge in [0.05, 0.1) is 18.2 Å². The van der Waals surface area contributed by atoms with Crippen LogP contribution < -0.4 is 5.32 Å². The first-order valence-corrected chi connectivity index (χ1v) is 9.25. The lowest BCUT2D eigenvalue weighted by molar-refractivity contribution is -0.149. The Kier molecular flexibility index (Phi) is 5.83. The van der Waals surface area contributed by atoms with E-state index < -0.39 is 0 Å². The molecular weight excluding hydrogens is 348 g/mol. The number of carbonyl (C=O) groups excluding carboxylic acids is 4. The zero-order valence-electron chi connectivity index (χ0n) is 15.4. The van der Waals surface area contributed by atoms with E-state index in [0.717, 1.165) is 11.3 Å². The molecule has 2 aliphatic heterocycles. The van der Waals surface area contributed by atoms with Gasteiger partial charge < -0.3 is 10.2 Å². The number of rotatable bonds is 6. The zero-order chi connectivity index (χ0) is 19.4. The van der Waals surface area contributed by atoms with Gasteiger partial charge in [0.15, 0.2) is 0 Å². The Balaban J connectivity index is 1.39. The first-order valence-electron chi connectivity index (χ1n) is 9.25. The second-order valence-corrected chi connectivity index (χ2v) is 7.02. The highest BCUT2D eigenvalue weighted by Crippen LogP contribution is 2.18. The quantitative estimate of drug-likeness (QED) is 0.729. The number of nitrogens with one attached hydrogen (secondary N) is 1. The fourth-order valence-corrected chi connectivity index (χ4v) is 3.28. The molecule has 0 bridgehead atoms. The number of aryl methyl sites for hydroxylation is 1. The summed E-state index contributed by atoms with van der Waals surface area (Å²) in [5.41, 5.74) is 1.85.